The number of amides is 3. The molecule has 0 aromatic heterocycles. The monoisotopic (exact) mass is 275 g/mol. The van der Waals surface area contributed by atoms with Gasteiger partial charge in [0.15, 0.2) is 0 Å². The average Bonchev–Trinajstić information content (AvgIpc) is 2.77. The van der Waals surface area contributed by atoms with Crippen LogP contribution in [0.25, 0.3) is 0 Å². The molecule has 0 aromatic carbocycles. The third-order valence-electron chi connectivity index (χ3n) is 2.58. The van der Waals surface area contributed by atoms with Crippen LogP contribution >= 0.6 is 11.8 Å². The standard InChI is InChI=1S/C10H17N3O4S/c11-8(14)3-7(9(15)16)13-10(17)12-4-6-1-2-18-5-6/h6-7H,1-5H2,(H2,11,14)(H,15,16)(H2,12,13,17). The highest BCUT2D eigenvalue weighted by molar-refractivity contribution is 7.99. The third kappa shape index (κ3) is 5.26. The van der Waals surface area contributed by atoms with E-state index < -0.39 is 30.4 Å². The van der Waals surface area contributed by atoms with Gasteiger partial charge >= 0.3 is 12.0 Å². The molecule has 5 N–H and O–H groups in total. The minimum absolute atomic E-state index is 0.415. The van der Waals surface area contributed by atoms with Crippen molar-refractivity contribution in [3.05, 3.63) is 0 Å². The van der Waals surface area contributed by atoms with Gasteiger partial charge in [-0.2, -0.15) is 11.8 Å². The summed E-state index contributed by atoms with van der Waals surface area (Å²) in [6.07, 6.45) is 0.636. The lowest BCUT2D eigenvalue weighted by Gasteiger charge is -2.15. The lowest BCUT2D eigenvalue weighted by Crippen LogP contribution is -2.48. The Labute approximate surface area is 109 Å². The van der Waals surface area contributed by atoms with Gasteiger partial charge < -0.3 is 21.5 Å². The number of primary amides is 1. The number of carbonyl (C=O) groups is 3. The quantitative estimate of drug-likeness (QED) is 0.514. The minimum Gasteiger partial charge on any atom is -0.480 e. The second-order valence-electron chi connectivity index (χ2n) is 4.15. The zero-order valence-corrected chi connectivity index (χ0v) is 10.7. The molecule has 102 valence electrons. The molecule has 2 atom stereocenters. The first-order chi connectivity index (χ1) is 8.49. The molecule has 0 bridgehead atoms. The fourth-order valence-electron chi connectivity index (χ4n) is 1.59. The number of hydrogen-bond donors (Lipinski definition) is 4. The number of aliphatic carboxylic acids is 1. The molecule has 1 rings (SSSR count). The van der Waals surface area contributed by atoms with E-state index in [-0.39, 0.29) is 0 Å². The molecular formula is C10H17N3O4S. The Kier molecular flexibility index (Phi) is 5.76. The number of hydrogen-bond acceptors (Lipinski definition) is 4. The van der Waals surface area contributed by atoms with Crippen molar-refractivity contribution >= 4 is 29.7 Å². The van der Waals surface area contributed by atoms with Crippen molar-refractivity contribution in [3.8, 4) is 0 Å². The van der Waals surface area contributed by atoms with Gasteiger partial charge in [0.25, 0.3) is 0 Å². The zero-order valence-electron chi connectivity index (χ0n) is 9.85. The lowest BCUT2D eigenvalue weighted by molar-refractivity contribution is -0.140. The largest absolute Gasteiger partial charge is 0.480 e. The molecule has 1 aliphatic heterocycles. The zero-order chi connectivity index (χ0) is 13.5. The van der Waals surface area contributed by atoms with Crippen LogP contribution in [0.4, 0.5) is 4.79 Å². The van der Waals surface area contributed by atoms with E-state index in [1.165, 1.54) is 0 Å². The summed E-state index contributed by atoms with van der Waals surface area (Å²) in [4.78, 5) is 32.9. The highest BCUT2D eigenvalue weighted by Crippen LogP contribution is 2.22. The molecule has 1 saturated heterocycles. The number of nitrogens with two attached hydrogens (primary N) is 1. The van der Waals surface area contributed by atoms with E-state index in [0.717, 1.165) is 17.9 Å². The molecule has 7 nitrogen and oxygen atoms in total. The first-order valence-corrected chi connectivity index (χ1v) is 6.77. The van der Waals surface area contributed by atoms with E-state index in [1.54, 1.807) is 0 Å². The number of thioether (sulfide) groups is 1. The van der Waals surface area contributed by atoms with Gasteiger partial charge in [0.05, 0.1) is 6.42 Å². The second kappa shape index (κ2) is 7.10. The lowest BCUT2D eigenvalue weighted by atomic mass is 10.1. The third-order valence-corrected chi connectivity index (χ3v) is 3.82. The molecule has 8 heteroatoms. The Morgan fingerprint density at radius 3 is 2.67 bits per heavy atom. The summed E-state index contributed by atoms with van der Waals surface area (Å²) < 4.78 is 0. The van der Waals surface area contributed by atoms with Gasteiger partial charge in [-0.3, -0.25) is 4.79 Å². The molecule has 18 heavy (non-hydrogen) atoms. The molecule has 1 heterocycles. The Bertz CT molecular complexity index is 331. The molecule has 0 aliphatic carbocycles. The van der Waals surface area contributed by atoms with Gasteiger partial charge in [0, 0.05) is 6.54 Å². The van der Waals surface area contributed by atoms with Crippen molar-refractivity contribution < 1.29 is 19.5 Å². The first-order valence-electron chi connectivity index (χ1n) is 5.62. The highest BCUT2D eigenvalue weighted by Gasteiger charge is 2.23. The molecular weight excluding hydrogens is 258 g/mol. The summed E-state index contributed by atoms with van der Waals surface area (Å²) >= 11 is 1.83. The highest BCUT2D eigenvalue weighted by atomic mass is 32.2. The number of carbonyl (C=O) groups excluding carboxylic acids is 2. The van der Waals surface area contributed by atoms with Crippen LogP contribution in [-0.2, 0) is 9.59 Å². The van der Waals surface area contributed by atoms with Crippen LogP contribution in [0.1, 0.15) is 12.8 Å². The van der Waals surface area contributed by atoms with Gasteiger partial charge in [-0.1, -0.05) is 0 Å². The Morgan fingerprint density at radius 2 is 2.17 bits per heavy atom. The van der Waals surface area contributed by atoms with Crippen LogP contribution in [0.15, 0.2) is 0 Å². The van der Waals surface area contributed by atoms with E-state index in [2.05, 4.69) is 10.6 Å². The maximum Gasteiger partial charge on any atom is 0.326 e. The van der Waals surface area contributed by atoms with Crippen LogP contribution in [0, 0.1) is 5.92 Å². The molecule has 0 saturated carbocycles. The summed E-state index contributed by atoms with van der Waals surface area (Å²) in [5.74, 6) is 0.479. The van der Waals surface area contributed by atoms with Gasteiger partial charge in [0.1, 0.15) is 6.04 Å². The van der Waals surface area contributed by atoms with Crippen LogP contribution in [0.5, 0.6) is 0 Å². The Hall–Kier alpha value is -1.44. The molecule has 1 fully saturated rings. The first kappa shape index (κ1) is 14.6. The molecule has 0 spiro atoms. The molecule has 1 aliphatic rings. The van der Waals surface area contributed by atoms with E-state index in [9.17, 15) is 14.4 Å². The fraction of sp³-hybridized carbons (Fsp3) is 0.700. The van der Waals surface area contributed by atoms with Gasteiger partial charge in [0.2, 0.25) is 5.91 Å². The summed E-state index contributed by atoms with van der Waals surface area (Å²) in [5.41, 5.74) is 4.90. The van der Waals surface area contributed by atoms with E-state index in [0.29, 0.717) is 12.5 Å². The number of rotatable bonds is 6. The smallest absolute Gasteiger partial charge is 0.326 e. The summed E-state index contributed by atoms with van der Waals surface area (Å²) in [6, 6.07) is -1.86. The van der Waals surface area contributed by atoms with Crippen LogP contribution < -0.4 is 16.4 Å². The van der Waals surface area contributed by atoms with Crippen LogP contribution in [0.3, 0.4) is 0 Å². The molecule has 0 aromatic rings. The van der Waals surface area contributed by atoms with Crippen molar-refractivity contribution in [2.24, 2.45) is 11.7 Å². The summed E-state index contributed by atoms with van der Waals surface area (Å²) in [7, 11) is 0. The Balaban J connectivity index is 2.31. The van der Waals surface area contributed by atoms with Crippen molar-refractivity contribution in [1.29, 1.82) is 0 Å². The SMILES string of the molecule is NC(=O)CC(NC(=O)NCC1CCSC1)C(=O)O. The van der Waals surface area contributed by atoms with Crippen molar-refractivity contribution in [1.82, 2.24) is 10.6 Å². The van der Waals surface area contributed by atoms with E-state index in [4.69, 9.17) is 10.8 Å². The normalized spacial score (nSPS) is 20.1. The summed E-state index contributed by atoms with van der Waals surface area (Å²) in [5, 5.41) is 13.6. The molecule has 2 unspecified atom stereocenters. The average molecular weight is 275 g/mol. The maximum atomic E-state index is 11.5. The minimum atomic E-state index is -1.28. The van der Waals surface area contributed by atoms with E-state index in [1.807, 2.05) is 11.8 Å². The Morgan fingerprint density at radius 1 is 1.44 bits per heavy atom. The topological polar surface area (TPSA) is 122 Å². The predicted molar refractivity (Wildman–Crippen MR) is 67.2 cm³/mol. The predicted octanol–water partition coefficient (Wildman–Crippen LogP) is -0.633. The van der Waals surface area contributed by atoms with Gasteiger partial charge in [-0.05, 0) is 23.8 Å². The van der Waals surface area contributed by atoms with Gasteiger partial charge in [-0.25, -0.2) is 9.59 Å². The summed E-state index contributed by atoms with van der Waals surface area (Å²) in [6.45, 7) is 0.516. The van der Waals surface area contributed by atoms with Crippen LogP contribution in [0.2, 0.25) is 0 Å². The number of urea groups is 1. The van der Waals surface area contributed by atoms with Gasteiger partial charge in [-0.15, -0.1) is 0 Å². The number of nitrogens with one attached hydrogen (secondary N) is 2. The second-order valence-corrected chi connectivity index (χ2v) is 5.30. The van der Waals surface area contributed by atoms with E-state index >= 15 is 0 Å². The van der Waals surface area contributed by atoms with Crippen molar-refractivity contribution in [2.75, 3.05) is 18.1 Å². The molecule has 0 radical (unpaired) electrons. The number of carboxylic acids is 1. The fourth-order valence-corrected chi connectivity index (χ4v) is 2.88. The van der Waals surface area contributed by atoms with Crippen molar-refractivity contribution in [2.45, 2.75) is 18.9 Å². The van der Waals surface area contributed by atoms with Crippen LogP contribution in [-0.4, -0.2) is 47.1 Å². The molecule has 3 amide bonds. The number of carboxylic acid groups (broad SMARTS) is 1. The maximum absolute atomic E-state index is 11.5. The van der Waals surface area contributed by atoms with Crippen molar-refractivity contribution in [3.63, 3.8) is 0 Å².